The van der Waals surface area contributed by atoms with Gasteiger partial charge in [-0.15, -0.1) is 0 Å². The first kappa shape index (κ1) is 18.3. The SMILES string of the molecule is O=C(Nc1ccc(C(=O)N2CCCC2)cc1)c1cnn(-c2ccc(Cl)cc2)c1. The first-order valence-corrected chi connectivity index (χ1v) is 9.49. The van der Waals surface area contributed by atoms with Crippen molar-refractivity contribution >= 4 is 29.1 Å². The topological polar surface area (TPSA) is 67.2 Å². The summed E-state index contributed by atoms with van der Waals surface area (Å²) < 4.78 is 1.61. The van der Waals surface area contributed by atoms with E-state index in [1.807, 2.05) is 17.0 Å². The molecule has 0 atom stereocenters. The Morgan fingerprint density at radius 1 is 0.929 bits per heavy atom. The molecule has 3 aromatic rings. The van der Waals surface area contributed by atoms with E-state index in [-0.39, 0.29) is 11.8 Å². The zero-order valence-electron chi connectivity index (χ0n) is 15.1. The highest BCUT2D eigenvalue weighted by Gasteiger charge is 2.19. The molecule has 0 unspecified atom stereocenters. The van der Waals surface area contributed by atoms with Gasteiger partial charge in [-0.1, -0.05) is 11.6 Å². The average molecular weight is 395 g/mol. The van der Waals surface area contributed by atoms with Crippen LogP contribution < -0.4 is 5.32 Å². The number of nitrogens with one attached hydrogen (secondary N) is 1. The summed E-state index contributed by atoms with van der Waals surface area (Å²) in [5.41, 5.74) is 2.51. The lowest BCUT2D eigenvalue weighted by Gasteiger charge is -2.15. The van der Waals surface area contributed by atoms with Gasteiger partial charge in [0.25, 0.3) is 11.8 Å². The first-order chi connectivity index (χ1) is 13.6. The van der Waals surface area contributed by atoms with Crippen LogP contribution in [-0.2, 0) is 0 Å². The maximum atomic E-state index is 12.5. The van der Waals surface area contributed by atoms with Crippen molar-refractivity contribution in [1.29, 1.82) is 0 Å². The Morgan fingerprint density at radius 2 is 1.61 bits per heavy atom. The van der Waals surface area contributed by atoms with Crippen LogP contribution in [0.4, 0.5) is 5.69 Å². The molecule has 28 heavy (non-hydrogen) atoms. The van der Waals surface area contributed by atoms with Crippen molar-refractivity contribution in [2.24, 2.45) is 0 Å². The van der Waals surface area contributed by atoms with Gasteiger partial charge in [-0.05, 0) is 61.4 Å². The number of carbonyl (C=O) groups is 2. The monoisotopic (exact) mass is 394 g/mol. The highest BCUT2D eigenvalue weighted by atomic mass is 35.5. The molecule has 142 valence electrons. The number of nitrogens with zero attached hydrogens (tertiary/aromatic N) is 3. The second kappa shape index (κ2) is 7.86. The summed E-state index contributed by atoms with van der Waals surface area (Å²) in [6.45, 7) is 1.63. The third-order valence-corrected chi connectivity index (χ3v) is 4.97. The molecule has 1 aliphatic heterocycles. The smallest absolute Gasteiger partial charge is 0.258 e. The normalized spacial score (nSPS) is 13.5. The molecule has 2 amide bonds. The molecule has 2 aromatic carbocycles. The van der Waals surface area contributed by atoms with Gasteiger partial charge in [0, 0.05) is 35.6 Å². The van der Waals surface area contributed by atoms with Crippen molar-refractivity contribution in [2.75, 3.05) is 18.4 Å². The Balaban J connectivity index is 1.42. The lowest BCUT2D eigenvalue weighted by atomic mass is 10.2. The molecule has 6 nitrogen and oxygen atoms in total. The van der Waals surface area contributed by atoms with E-state index >= 15 is 0 Å². The zero-order valence-corrected chi connectivity index (χ0v) is 15.9. The van der Waals surface area contributed by atoms with Crippen LogP contribution in [0.25, 0.3) is 5.69 Å². The van der Waals surface area contributed by atoms with E-state index in [0.29, 0.717) is 21.8 Å². The fourth-order valence-corrected chi connectivity index (χ4v) is 3.30. The summed E-state index contributed by atoms with van der Waals surface area (Å²) in [4.78, 5) is 26.7. The number of benzene rings is 2. The van der Waals surface area contributed by atoms with E-state index in [9.17, 15) is 9.59 Å². The lowest BCUT2D eigenvalue weighted by molar-refractivity contribution is 0.0792. The highest BCUT2D eigenvalue weighted by molar-refractivity contribution is 6.30. The van der Waals surface area contributed by atoms with Gasteiger partial charge in [0.1, 0.15) is 0 Å². The first-order valence-electron chi connectivity index (χ1n) is 9.11. The van der Waals surface area contributed by atoms with Gasteiger partial charge in [0.2, 0.25) is 0 Å². The average Bonchev–Trinajstić information content (AvgIpc) is 3.41. The van der Waals surface area contributed by atoms with E-state index < -0.39 is 0 Å². The number of hydrogen-bond donors (Lipinski definition) is 1. The van der Waals surface area contributed by atoms with Crippen molar-refractivity contribution in [3.8, 4) is 5.69 Å². The molecule has 1 saturated heterocycles. The minimum Gasteiger partial charge on any atom is -0.339 e. The molecule has 2 heterocycles. The van der Waals surface area contributed by atoms with Crippen LogP contribution in [0.2, 0.25) is 5.02 Å². The standard InChI is InChI=1S/C21H19ClN4O2/c22-17-5-9-19(10-6-17)26-14-16(13-23-26)20(27)24-18-7-3-15(4-8-18)21(28)25-11-1-2-12-25/h3-10,13-14H,1-2,11-12H2,(H,24,27). The molecule has 0 bridgehead atoms. The molecule has 4 rings (SSSR count). The van der Waals surface area contributed by atoms with Crippen molar-refractivity contribution in [2.45, 2.75) is 12.8 Å². The van der Waals surface area contributed by atoms with Crippen LogP contribution in [-0.4, -0.2) is 39.6 Å². The van der Waals surface area contributed by atoms with Crippen molar-refractivity contribution in [3.05, 3.63) is 77.1 Å². The Hall–Kier alpha value is -3.12. The largest absolute Gasteiger partial charge is 0.339 e. The maximum Gasteiger partial charge on any atom is 0.258 e. The van der Waals surface area contributed by atoms with Gasteiger partial charge < -0.3 is 10.2 Å². The van der Waals surface area contributed by atoms with Crippen molar-refractivity contribution < 1.29 is 9.59 Å². The number of amides is 2. The zero-order chi connectivity index (χ0) is 19.5. The number of aromatic nitrogens is 2. The Bertz CT molecular complexity index is 990. The molecule has 0 saturated carbocycles. The van der Waals surface area contributed by atoms with E-state index in [1.54, 1.807) is 47.3 Å². The number of rotatable bonds is 4. The molecule has 1 aromatic heterocycles. The van der Waals surface area contributed by atoms with Crippen molar-refractivity contribution in [1.82, 2.24) is 14.7 Å². The summed E-state index contributed by atoms with van der Waals surface area (Å²) in [5, 5.41) is 7.69. The number of likely N-dealkylation sites (tertiary alicyclic amines) is 1. The minimum atomic E-state index is -0.265. The highest BCUT2D eigenvalue weighted by Crippen LogP contribution is 2.17. The van der Waals surface area contributed by atoms with Crippen LogP contribution in [0.5, 0.6) is 0 Å². The molecule has 7 heteroatoms. The van der Waals surface area contributed by atoms with Crippen LogP contribution in [0.1, 0.15) is 33.6 Å². The molecule has 0 aliphatic carbocycles. The maximum absolute atomic E-state index is 12.5. The molecule has 1 N–H and O–H groups in total. The van der Waals surface area contributed by atoms with Gasteiger partial charge in [0.05, 0.1) is 17.4 Å². The minimum absolute atomic E-state index is 0.0413. The summed E-state index contributed by atoms with van der Waals surface area (Å²) in [5.74, 6) is -0.224. The number of halogens is 1. The lowest BCUT2D eigenvalue weighted by Crippen LogP contribution is -2.27. The third kappa shape index (κ3) is 3.92. The van der Waals surface area contributed by atoms with Crippen LogP contribution in [0.15, 0.2) is 60.9 Å². The fourth-order valence-electron chi connectivity index (χ4n) is 3.18. The number of carbonyl (C=O) groups excluding carboxylic acids is 2. The van der Waals surface area contributed by atoms with E-state index in [0.717, 1.165) is 31.6 Å². The Labute approximate surface area is 167 Å². The second-order valence-electron chi connectivity index (χ2n) is 6.68. The molecule has 1 aliphatic rings. The number of anilines is 1. The summed E-state index contributed by atoms with van der Waals surface area (Å²) in [6, 6.07) is 14.2. The predicted octanol–water partition coefficient (Wildman–Crippen LogP) is 4.01. The van der Waals surface area contributed by atoms with Crippen LogP contribution in [0, 0.1) is 0 Å². The Morgan fingerprint density at radius 3 is 2.29 bits per heavy atom. The van der Waals surface area contributed by atoms with Gasteiger partial charge in [-0.3, -0.25) is 9.59 Å². The van der Waals surface area contributed by atoms with E-state index in [1.165, 1.54) is 6.20 Å². The second-order valence-corrected chi connectivity index (χ2v) is 7.12. The molecule has 0 spiro atoms. The molecule has 0 radical (unpaired) electrons. The van der Waals surface area contributed by atoms with Crippen molar-refractivity contribution in [3.63, 3.8) is 0 Å². The number of hydrogen-bond acceptors (Lipinski definition) is 3. The van der Waals surface area contributed by atoms with Gasteiger partial charge in [-0.25, -0.2) is 4.68 Å². The molecular weight excluding hydrogens is 376 g/mol. The predicted molar refractivity (Wildman–Crippen MR) is 108 cm³/mol. The fraction of sp³-hybridized carbons (Fsp3) is 0.190. The summed E-state index contributed by atoms with van der Waals surface area (Å²) in [7, 11) is 0. The van der Waals surface area contributed by atoms with Crippen LogP contribution in [0.3, 0.4) is 0 Å². The quantitative estimate of drug-likeness (QED) is 0.726. The van der Waals surface area contributed by atoms with Gasteiger partial charge in [0.15, 0.2) is 0 Å². The molecular formula is C21H19ClN4O2. The molecule has 1 fully saturated rings. The Kier molecular flexibility index (Phi) is 5.12. The third-order valence-electron chi connectivity index (χ3n) is 4.72. The van der Waals surface area contributed by atoms with Gasteiger partial charge >= 0.3 is 0 Å². The van der Waals surface area contributed by atoms with Crippen LogP contribution >= 0.6 is 11.6 Å². The van der Waals surface area contributed by atoms with E-state index in [2.05, 4.69) is 10.4 Å². The summed E-state index contributed by atoms with van der Waals surface area (Å²) >= 11 is 5.89. The van der Waals surface area contributed by atoms with E-state index in [4.69, 9.17) is 11.6 Å². The van der Waals surface area contributed by atoms with Gasteiger partial charge in [-0.2, -0.15) is 5.10 Å². The summed E-state index contributed by atoms with van der Waals surface area (Å²) in [6.07, 6.45) is 5.28.